The lowest BCUT2D eigenvalue weighted by molar-refractivity contribution is 0.133. The molecular weight excluding hydrogens is 372 g/mol. The molecule has 1 aliphatic heterocycles. The molecule has 4 rings (SSSR count). The second-order valence-corrected chi connectivity index (χ2v) is 9.09. The van der Waals surface area contributed by atoms with Crippen LogP contribution in [0.4, 0.5) is 0 Å². The summed E-state index contributed by atoms with van der Waals surface area (Å²) in [5.41, 5.74) is 4.30. The molecule has 1 unspecified atom stereocenters. The van der Waals surface area contributed by atoms with Crippen LogP contribution >= 0.6 is 24.0 Å². The second kappa shape index (κ2) is 7.64. The zero-order chi connectivity index (χ0) is 19.1. The first-order chi connectivity index (χ1) is 13.0. The topological polar surface area (TPSA) is 34.3 Å². The molecule has 0 saturated carbocycles. The predicted molar refractivity (Wildman–Crippen MR) is 120 cm³/mol. The highest BCUT2D eigenvalue weighted by molar-refractivity contribution is 7.98. The molecule has 146 valence electrons. The third-order valence-electron chi connectivity index (χ3n) is 6.39. The molecule has 2 aliphatic rings. The molecule has 1 aromatic heterocycles. The Labute approximate surface area is 172 Å². The lowest BCUT2D eigenvalue weighted by atomic mass is 9.74. The quantitative estimate of drug-likeness (QED) is 0.600. The van der Waals surface area contributed by atoms with E-state index in [4.69, 9.17) is 12.2 Å². The van der Waals surface area contributed by atoms with Crippen LogP contribution in [-0.4, -0.2) is 64.9 Å². The molecule has 1 aromatic carbocycles. The lowest BCUT2D eigenvalue weighted by Gasteiger charge is -2.46. The van der Waals surface area contributed by atoms with Crippen molar-refractivity contribution in [2.24, 2.45) is 0 Å². The SMILES string of the molecule is CCN(CC)C(=S)N[C@H]1CC2c3cc(SC)cc4[nH]cc(c34)C[C@H]2N(C)C1. The van der Waals surface area contributed by atoms with Crippen molar-refractivity contribution in [2.75, 3.05) is 32.9 Å². The van der Waals surface area contributed by atoms with Gasteiger partial charge in [0.05, 0.1) is 0 Å². The number of likely N-dealkylation sites (N-methyl/N-ethyl adjacent to an activating group) is 1. The Morgan fingerprint density at radius 1 is 1.37 bits per heavy atom. The van der Waals surface area contributed by atoms with Gasteiger partial charge in [-0.1, -0.05) is 0 Å². The van der Waals surface area contributed by atoms with E-state index in [1.807, 2.05) is 11.8 Å². The van der Waals surface area contributed by atoms with Gasteiger partial charge in [0.25, 0.3) is 0 Å². The number of aromatic nitrogens is 1. The number of rotatable bonds is 4. The van der Waals surface area contributed by atoms with Crippen molar-refractivity contribution in [1.82, 2.24) is 20.1 Å². The van der Waals surface area contributed by atoms with Gasteiger partial charge in [0.15, 0.2) is 5.11 Å². The highest BCUT2D eigenvalue weighted by Gasteiger charge is 2.40. The Morgan fingerprint density at radius 2 is 2.15 bits per heavy atom. The number of piperidine rings is 1. The van der Waals surface area contributed by atoms with Gasteiger partial charge in [-0.2, -0.15) is 0 Å². The van der Waals surface area contributed by atoms with Gasteiger partial charge in [-0.3, -0.25) is 0 Å². The van der Waals surface area contributed by atoms with E-state index in [2.05, 4.69) is 65.6 Å². The fourth-order valence-electron chi connectivity index (χ4n) is 4.98. The molecule has 0 spiro atoms. The number of aromatic amines is 1. The van der Waals surface area contributed by atoms with Crippen LogP contribution in [-0.2, 0) is 6.42 Å². The molecule has 1 fully saturated rings. The van der Waals surface area contributed by atoms with Crippen LogP contribution < -0.4 is 5.32 Å². The standard InChI is InChI=1S/C21H30N4S2/c1-5-25(6-2)21(26)23-14-8-16-17-9-15(27-4)10-18-20(17)13(11-22-18)7-19(16)24(3)12-14/h9-11,14,16,19,22H,5-8,12H2,1-4H3,(H,23,26)/t14-,16?,19+/m0/s1. The van der Waals surface area contributed by atoms with Crippen LogP contribution in [0.25, 0.3) is 10.9 Å². The molecule has 0 radical (unpaired) electrons. The Hall–Kier alpha value is -1.24. The normalized spacial score (nSPS) is 24.7. The zero-order valence-electron chi connectivity index (χ0n) is 16.7. The number of thioether (sulfide) groups is 1. The van der Waals surface area contributed by atoms with Gasteiger partial charge in [0, 0.05) is 59.6 Å². The van der Waals surface area contributed by atoms with Gasteiger partial charge in [-0.05, 0) is 75.5 Å². The van der Waals surface area contributed by atoms with Crippen molar-refractivity contribution >= 4 is 40.0 Å². The average molecular weight is 403 g/mol. The minimum atomic E-state index is 0.401. The van der Waals surface area contributed by atoms with Gasteiger partial charge >= 0.3 is 0 Å². The molecule has 2 aromatic rings. The minimum Gasteiger partial charge on any atom is -0.361 e. The smallest absolute Gasteiger partial charge is 0.169 e. The third-order valence-corrected chi connectivity index (χ3v) is 7.47. The Balaban J connectivity index is 1.64. The van der Waals surface area contributed by atoms with Gasteiger partial charge in [-0.25, -0.2) is 0 Å². The molecule has 2 heterocycles. The Morgan fingerprint density at radius 3 is 2.85 bits per heavy atom. The number of H-pyrrole nitrogens is 1. The number of benzene rings is 1. The number of likely N-dealkylation sites (tertiary alicyclic amines) is 1. The van der Waals surface area contributed by atoms with E-state index in [1.54, 1.807) is 0 Å². The van der Waals surface area contributed by atoms with Crippen LogP contribution in [0.2, 0.25) is 0 Å². The van der Waals surface area contributed by atoms with Crippen LogP contribution in [0.1, 0.15) is 37.3 Å². The van der Waals surface area contributed by atoms with E-state index in [0.717, 1.165) is 37.6 Å². The van der Waals surface area contributed by atoms with Gasteiger partial charge in [-0.15, -0.1) is 11.8 Å². The number of nitrogens with one attached hydrogen (secondary N) is 2. The lowest BCUT2D eigenvalue weighted by Crippen LogP contribution is -2.56. The van der Waals surface area contributed by atoms with Gasteiger partial charge < -0.3 is 20.1 Å². The molecule has 27 heavy (non-hydrogen) atoms. The number of fused-ring (bicyclic) bond motifs is 2. The van der Waals surface area contributed by atoms with E-state index >= 15 is 0 Å². The highest BCUT2D eigenvalue weighted by atomic mass is 32.2. The maximum atomic E-state index is 5.68. The van der Waals surface area contributed by atoms with Crippen molar-refractivity contribution in [3.05, 3.63) is 29.5 Å². The molecule has 2 N–H and O–H groups in total. The van der Waals surface area contributed by atoms with Crippen molar-refractivity contribution in [3.63, 3.8) is 0 Å². The van der Waals surface area contributed by atoms with Crippen LogP contribution in [0.5, 0.6) is 0 Å². The number of hydrogen-bond acceptors (Lipinski definition) is 3. The zero-order valence-corrected chi connectivity index (χ0v) is 18.3. The molecule has 4 nitrogen and oxygen atoms in total. The summed E-state index contributed by atoms with van der Waals surface area (Å²) in [7, 11) is 2.28. The van der Waals surface area contributed by atoms with E-state index in [1.165, 1.54) is 26.9 Å². The summed E-state index contributed by atoms with van der Waals surface area (Å²) in [6.45, 7) is 7.30. The number of nitrogens with zero attached hydrogens (tertiary/aromatic N) is 2. The highest BCUT2D eigenvalue weighted by Crippen LogP contribution is 2.44. The molecular formula is C21H30N4S2. The molecule has 1 aliphatic carbocycles. The maximum Gasteiger partial charge on any atom is 0.169 e. The number of thiocarbonyl (C=S) groups is 1. The van der Waals surface area contributed by atoms with E-state index in [-0.39, 0.29) is 0 Å². The summed E-state index contributed by atoms with van der Waals surface area (Å²) < 4.78 is 0. The van der Waals surface area contributed by atoms with Gasteiger partial charge in [0.1, 0.15) is 0 Å². The summed E-state index contributed by atoms with van der Waals surface area (Å²) in [5.74, 6) is 0.554. The predicted octanol–water partition coefficient (Wildman–Crippen LogP) is 3.82. The monoisotopic (exact) mass is 402 g/mol. The summed E-state index contributed by atoms with van der Waals surface area (Å²) in [4.78, 5) is 9.65. The average Bonchev–Trinajstić information content (AvgIpc) is 3.07. The van der Waals surface area contributed by atoms with E-state index in [0.29, 0.717) is 18.0 Å². The van der Waals surface area contributed by atoms with E-state index < -0.39 is 0 Å². The third kappa shape index (κ3) is 3.36. The minimum absolute atomic E-state index is 0.401. The first-order valence-electron chi connectivity index (χ1n) is 9.99. The van der Waals surface area contributed by atoms with Crippen molar-refractivity contribution in [2.45, 2.75) is 49.6 Å². The second-order valence-electron chi connectivity index (χ2n) is 7.83. The van der Waals surface area contributed by atoms with E-state index in [9.17, 15) is 0 Å². The largest absolute Gasteiger partial charge is 0.361 e. The first kappa shape index (κ1) is 19.1. The fourth-order valence-corrected chi connectivity index (χ4v) is 5.89. The Bertz CT molecular complexity index is 842. The summed E-state index contributed by atoms with van der Waals surface area (Å²) >= 11 is 7.51. The van der Waals surface area contributed by atoms with Gasteiger partial charge in [0.2, 0.25) is 0 Å². The maximum absolute atomic E-state index is 5.68. The van der Waals surface area contributed by atoms with Crippen LogP contribution in [0.3, 0.4) is 0 Å². The summed E-state index contributed by atoms with van der Waals surface area (Å²) in [6, 6.07) is 5.71. The van der Waals surface area contributed by atoms with Crippen LogP contribution in [0.15, 0.2) is 23.2 Å². The first-order valence-corrected chi connectivity index (χ1v) is 11.6. The summed E-state index contributed by atoms with van der Waals surface area (Å²) in [6.07, 6.45) is 6.67. The molecule has 1 saturated heterocycles. The Kier molecular flexibility index (Phi) is 5.41. The van der Waals surface area contributed by atoms with Crippen molar-refractivity contribution in [3.8, 4) is 0 Å². The van der Waals surface area contributed by atoms with Crippen molar-refractivity contribution in [1.29, 1.82) is 0 Å². The van der Waals surface area contributed by atoms with Crippen molar-refractivity contribution < 1.29 is 0 Å². The molecule has 3 atom stereocenters. The molecule has 0 bridgehead atoms. The summed E-state index contributed by atoms with van der Waals surface area (Å²) in [5, 5.41) is 6.03. The fraction of sp³-hybridized carbons (Fsp3) is 0.571. The molecule has 6 heteroatoms. The number of hydrogen-bond donors (Lipinski definition) is 2. The molecule has 0 amide bonds. The van der Waals surface area contributed by atoms with Crippen LogP contribution in [0, 0.1) is 0 Å².